The van der Waals surface area contributed by atoms with E-state index in [1.165, 1.54) is 0 Å². The van der Waals surface area contributed by atoms with E-state index in [4.69, 9.17) is 0 Å². The molecule has 7 heteroatoms. The van der Waals surface area contributed by atoms with Gasteiger partial charge < -0.3 is 5.11 Å². The Morgan fingerprint density at radius 2 is 2.09 bits per heavy atom. The van der Waals surface area contributed by atoms with Gasteiger partial charge in [0.1, 0.15) is 17.3 Å². The lowest BCUT2D eigenvalue weighted by Crippen LogP contribution is -2.26. The highest BCUT2D eigenvalue weighted by Gasteiger charge is 2.32. The van der Waals surface area contributed by atoms with Crippen LogP contribution in [0.25, 0.3) is 0 Å². The summed E-state index contributed by atoms with van der Waals surface area (Å²) in [4.78, 5) is 25.8. The molecule has 0 aromatic heterocycles. The van der Waals surface area contributed by atoms with E-state index >= 15 is 0 Å². The molecule has 0 heterocycles. The molecule has 6 nitrogen and oxygen atoms in total. The molecule has 0 saturated heterocycles. The third-order valence-electron chi connectivity index (χ3n) is 3.37. The Labute approximate surface area is 126 Å². The number of nitro benzene ring substituents is 1. The number of non-ortho nitro benzene ring substituents is 1. The summed E-state index contributed by atoms with van der Waals surface area (Å²) in [6, 6.07) is 2.94. The molecule has 116 valence electrons. The molecular weight excluding hydrogens is 291 g/mol. The first-order chi connectivity index (χ1) is 10.2. The summed E-state index contributed by atoms with van der Waals surface area (Å²) in [7, 11) is 0. The topological polar surface area (TPSA) is 92.8 Å². The summed E-state index contributed by atoms with van der Waals surface area (Å²) < 4.78 is 13.6. The van der Waals surface area contributed by atoms with Gasteiger partial charge in [0.05, 0.1) is 10.5 Å². The van der Waals surface area contributed by atoms with Crippen molar-refractivity contribution in [2.24, 2.45) is 10.4 Å². The third kappa shape index (κ3) is 3.36. The van der Waals surface area contributed by atoms with Crippen molar-refractivity contribution >= 4 is 23.4 Å². The summed E-state index contributed by atoms with van der Waals surface area (Å²) in [6.45, 7) is 3.71. The minimum absolute atomic E-state index is 0.0187. The first kappa shape index (κ1) is 15.8. The van der Waals surface area contributed by atoms with Crippen LogP contribution in [0, 0.1) is 21.3 Å². The molecule has 0 spiro atoms. The first-order valence-electron chi connectivity index (χ1n) is 6.63. The maximum absolute atomic E-state index is 13.6. The number of carbonyl (C=O) groups is 1. The fourth-order valence-electron chi connectivity index (χ4n) is 2.30. The van der Waals surface area contributed by atoms with E-state index in [-0.39, 0.29) is 40.3 Å². The monoisotopic (exact) mass is 306 g/mol. The third-order valence-corrected chi connectivity index (χ3v) is 3.37. The van der Waals surface area contributed by atoms with Crippen molar-refractivity contribution in [1.29, 1.82) is 0 Å². The van der Waals surface area contributed by atoms with Crippen LogP contribution in [0.15, 0.2) is 34.5 Å². The Balaban J connectivity index is 2.34. The summed E-state index contributed by atoms with van der Waals surface area (Å²) in [5.74, 6) is -1.13. The van der Waals surface area contributed by atoms with Crippen LogP contribution >= 0.6 is 0 Å². The zero-order valence-electron chi connectivity index (χ0n) is 12.2. The van der Waals surface area contributed by atoms with Crippen LogP contribution in [0.3, 0.4) is 0 Å². The smallest absolute Gasteiger partial charge is 0.271 e. The Kier molecular flexibility index (Phi) is 4.07. The summed E-state index contributed by atoms with van der Waals surface area (Å²) >= 11 is 0. The molecule has 0 aliphatic heterocycles. The quantitative estimate of drug-likeness (QED) is 0.524. The van der Waals surface area contributed by atoms with Gasteiger partial charge in [0.25, 0.3) is 5.69 Å². The number of benzene rings is 1. The lowest BCUT2D eigenvalue weighted by molar-refractivity contribution is -0.384. The molecule has 1 aromatic rings. The van der Waals surface area contributed by atoms with E-state index in [2.05, 4.69) is 4.99 Å². The van der Waals surface area contributed by atoms with Crippen LogP contribution in [0.4, 0.5) is 15.8 Å². The lowest BCUT2D eigenvalue weighted by Gasteiger charge is -2.28. The van der Waals surface area contributed by atoms with E-state index in [0.29, 0.717) is 6.42 Å². The van der Waals surface area contributed by atoms with Gasteiger partial charge in [-0.1, -0.05) is 13.8 Å². The second-order valence-electron chi connectivity index (χ2n) is 5.95. The number of ketones is 1. The van der Waals surface area contributed by atoms with Crippen LogP contribution in [-0.4, -0.2) is 22.0 Å². The van der Waals surface area contributed by atoms with E-state index in [9.17, 15) is 24.4 Å². The maximum Gasteiger partial charge on any atom is 0.271 e. The average Bonchev–Trinajstić information content (AvgIpc) is 2.38. The van der Waals surface area contributed by atoms with Crippen molar-refractivity contribution in [3.63, 3.8) is 0 Å². The molecule has 0 radical (unpaired) electrons. The number of nitro groups is 1. The van der Waals surface area contributed by atoms with Crippen LogP contribution in [0.5, 0.6) is 0 Å². The van der Waals surface area contributed by atoms with Gasteiger partial charge >= 0.3 is 0 Å². The number of aliphatic hydroxyl groups excluding tert-OH is 1. The largest absolute Gasteiger partial charge is 0.511 e. The van der Waals surface area contributed by atoms with Crippen LogP contribution in [0.2, 0.25) is 0 Å². The highest BCUT2D eigenvalue weighted by molar-refractivity contribution is 6.14. The number of rotatable bonds is 3. The second kappa shape index (κ2) is 5.67. The van der Waals surface area contributed by atoms with E-state index < -0.39 is 10.7 Å². The predicted molar refractivity (Wildman–Crippen MR) is 78.9 cm³/mol. The summed E-state index contributed by atoms with van der Waals surface area (Å²) in [5, 5.41) is 20.6. The number of halogens is 1. The highest BCUT2D eigenvalue weighted by atomic mass is 19.1. The van der Waals surface area contributed by atoms with Crippen molar-refractivity contribution < 1.29 is 19.2 Å². The Bertz CT molecular complexity index is 707. The minimum atomic E-state index is -0.745. The fraction of sp³-hybridized carbons (Fsp3) is 0.333. The molecule has 1 N–H and O–H groups in total. The molecule has 0 fully saturated rings. The molecule has 0 amide bonds. The van der Waals surface area contributed by atoms with Gasteiger partial charge in [-0.15, -0.1) is 0 Å². The highest BCUT2D eigenvalue weighted by Crippen LogP contribution is 2.35. The van der Waals surface area contributed by atoms with Crippen molar-refractivity contribution in [3.8, 4) is 0 Å². The molecule has 0 saturated carbocycles. The molecule has 1 aliphatic rings. The van der Waals surface area contributed by atoms with Crippen LogP contribution in [-0.2, 0) is 4.79 Å². The molecule has 22 heavy (non-hydrogen) atoms. The number of Topliss-reactive ketones (excluding diaryl/α,β-unsaturated/α-hetero) is 1. The molecule has 0 unspecified atom stereocenters. The fourth-order valence-corrected chi connectivity index (χ4v) is 2.30. The standard InChI is InChI=1S/C15H15FN2O4/c1-15(2)6-13(19)10(14(20)7-15)8-17-12-5-9(18(21)22)3-4-11(12)16/h3-5,8,19H,6-7H2,1-2H3. The number of nitrogens with zero attached hydrogens (tertiary/aromatic N) is 2. The Morgan fingerprint density at radius 1 is 1.41 bits per heavy atom. The Hall–Kier alpha value is -2.57. The number of hydrogen-bond acceptors (Lipinski definition) is 5. The van der Waals surface area contributed by atoms with Crippen LogP contribution in [0.1, 0.15) is 26.7 Å². The predicted octanol–water partition coefficient (Wildman–Crippen LogP) is 3.64. The van der Waals surface area contributed by atoms with Gasteiger partial charge in [0.2, 0.25) is 0 Å². The summed E-state index contributed by atoms with van der Waals surface area (Å²) in [6.07, 6.45) is 1.63. The zero-order chi connectivity index (χ0) is 16.5. The number of aliphatic imine (C=N–C) groups is 1. The van der Waals surface area contributed by atoms with Crippen molar-refractivity contribution in [1.82, 2.24) is 0 Å². The maximum atomic E-state index is 13.6. The van der Waals surface area contributed by atoms with Gasteiger partial charge in [-0.05, 0) is 11.5 Å². The van der Waals surface area contributed by atoms with Crippen molar-refractivity contribution in [3.05, 3.63) is 45.5 Å². The normalized spacial score (nSPS) is 18.0. The van der Waals surface area contributed by atoms with Gasteiger partial charge in [0, 0.05) is 31.2 Å². The number of hydrogen-bond donors (Lipinski definition) is 1. The minimum Gasteiger partial charge on any atom is -0.511 e. The lowest BCUT2D eigenvalue weighted by atomic mass is 9.77. The number of carbonyl (C=O) groups excluding carboxylic acids is 1. The molecule has 0 bridgehead atoms. The Morgan fingerprint density at radius 3 is 2.68 bits per heavy atom. The summed E-state index contributed by atoms with van der Waals surface area (Å²) in [5.41, 5.74) is -0.879. The van der Waals surface area contributed by atoms with Crippen LogP contribution < -0.4 is 0 Å². The molecule has 1 aliphatic carbocycles. The second-order valence-corrected chi connectivity index (χ2v) is 5.95. The van der Waals surface area contributed by atoms with Gasteiger partial charge in [-0.3, -0.25) is 19.9 Å². The van der Waals surface area contributed by atoms with Gasteiger partial charge in [-0.2, -0.15) is 0 Å². The molecule has 1 aromatic carbocycles. The average molecular weight is 306 g/mol. The first-order valence-corrected chi connectivity index (χ1v) is 6.63. The molecular formula is C15H15FN2O4. The van der Waals surface area contributed by atoms with E-state index in [0.717, 1.165) is 24.4 Å². The van der Waals surface area contributed by atoms with Crippen molar-refractivity contribution in [2.45, 2.75) is 26.7 Å². The number of aliphatic hydroxyl groups is 1. The van der Waals surface area contributed by atoms with E-state index in [1.807, 2.05) is 13.8 Å². The van der Waals surface area contributed by atoms with E-state index in [1.54, 1.807) is 0 Å². The van der Waals surface area contributed by atoms with Gasteiger partial charge in [-0.25, -0.2) is 4.39 Å². The molecule has 0 atom stereocenters. The number of allylic oxidation sites excluding steroid dienone is 2. The SMILES string of the molecule is CC1(C)CC(=O)C(C=Nc2cc([N+](=O)[O-])ccc2F)=C(O)C1. The van der Waals surface area contributed by atoms with Gasteiger partial charge in [0.15, 0.2) is 5.78 Å². The zero-order valence-corrected chi connectivity index (χ0v) is 12.2. The van der Waals surface area contributed by atoms with Crippen molar-refractivity contribution in [2.75, 3.05) is 0 Å². The molecule has 2 rings (SSSR count).